The van der Waals surface area contributed by atoms with Crippen LogP contribution < -0.4 is 19.5 Å². The number of ether oxygens (including phenoxy) is 3. The summed E-state index contributed by atoms with van der Waals surface area (Å²) in [5.41, 5.74) is 1.93. The van der Waals surface area contributed by atoms with Crippen molar-refractivity contribution in [2.75, 3.05) is 26.9 Å². The van der Waals surface area contributed by atoms with Crippen molar-refractivity contribution < 1.29 is 19.0 Å². The monoisotopic (exact) mass is 367 g/mol. The molecule has 5 heteroatoms. The Kier molecular flexibility index (Phi) is 5.19. The number of carbonyl (C=O) groups excluding carboxylic acids is 1. The highest BCUT2D eigenvalue weighted by Crippen LogP contribution is 2.46. The molecule has 1 aliphatic carbocycles. The van der Waals surface area contributed by atoms with Gasteiger partial charge in [0.1, 0.15) is 19.0 Å². The first kappa shape index (κ1) is 17.7. The summed E-state index contributed by atoms with van der Waals surface area (Å²) in [6.45, 7) is 1.86. The maximum atomic E-state index is 12.4. The zero-order valence-corrected chi connectivity index (χ0v) is 15.6. The first-order chi connectivity index (χ1) is 13.2. The molecule has 1 saturated carbocycles. The molecular weight excluding hydrogens is 342 g/mol. The lowest BCUT2D eigenvalue weighted by Gasteiger charge is -2.22. The summed E-state index contributed by atoms with van der Waals surface area (Å²) in [6, 6.07) is 13.4. The minimum atomic E-state index is -0.0469. The van der Waals surface area contributed by atoms with Crippen LogP contribution in [0.4, 0.5) is 0 Å². The molecule has 0 saturated heterocycles. The minimum Gasteiger partial charge on any atom is -0.497 e. The molecule has 1 unspecified atom stereocenters. The molecule has 1 aliphatic heterocycles. The molecule has 142 valence electrons. The third kappa shape index (κ3) is 4.18. The molecular formula is C22H25NO4. The number of nitrogens with one attached hydrogen (secondary N) is 1. The van der Waals surface area contributed by atoms with Crippen LogP contribution in [0.3, 0.4) is 0 Å². The number of rotatable bonds is 7. The Balaban J connectivity index is 1.37. The standard InChI is InChI=1S/C22H25NO4/c1-25-18-7-4-16(5-8-18)22(24)23-11-10-19(15-2-3-15)17-6-9-20-21(14-17)27-13-12-26-20/h4-9,14-15,19H,2-3,10-13H2,1H3,(H,23,24). The van der Waals surface area contributed by atoms with Crippen molar-refractivity contribution in [2.45, 2.75) is 25.2 Å². The van der Waals surface area contributed by atoms with Crippen LogP contribution in [0, 0.1) is 5.92 Å². The predicted molar refractivity (Wildman–Crippen MR) is 103 cm³/mol. The van der Waals surface area contributed by atoms with Crippen LogP contribution in [0.1, 0.15) is 41.1 Å². The number of carbonyl (C=O) groups is 1. The average Bonchev–Trinajstić information content (AvgIpc) is 3.56. The zero-order valence-electron chi connectivity index (χ0n) is 15.6. The molecule has 5 nitrogen and oxygen atoms in total. The molecule has 0 radical (unpaired) electrons. The van der Waals surface area contributed by atoms with E-state index in [4.69, 9.17) is 14.2 Å². The molecule has 1 N–H and O–H groups in total. The van der Waals surface area contributed by atoms with E-state index in [1.165, 1.54) is 18.4 Å². The Hall–Kier alpha value is -2.69. The van der Waals surface area contributed by atoms with E-state index in [2.05, 4.69) is 17.4 Å². The van der Waals surface area contributed by atoms with E-state index in [9.17, 15) is 4.79 Å². The van der Waals surface area contributed by atoms with Gasteiger partial charge >= 0.3 is 0 Å². The number of hydrogen-bond donors (Lipinski definition) is 1. The molecule has 1 amide bonds. The molecule has 1 atom stereocenters. The van der Waals surface area contributed by atoms with Crippen molar-refractivity contribution in [3.05, 3.63) is 53.6 Å². The molecule has 1 fully saturated rings. The molecule has 27 heavy (non-hydrogen) atoms. The maximum absolute atomic E-state index is 12.4. The van der Waals surface area contributed by atoms with Gasteiger partial charge in [-0.05, 0) is 73.1 Å². The predicted octanol–water partition coefficient (Wildman–Crippen LogP) is 3.78. The number of benzene rings is 2. The normalized spacial score (nSPS) is 16.5. The van der Waals surface area contributed by atoms with E-state index < -0.39 is 0 Å². The lowest BCUT2D eigenvalue weighted by molar-refractivity contribution is 0.0952. The van der Waals surface area contributed by atoms with E-state index in [1.807, 2.05) is 6.07 Å². The van der Waals surface area contributed by atoms with Gasteiger partial charge in [0, 0.05) is 12.1 Å². The Morgan fingerprint density at radius 2 is 1.85 bits per heavy atom. The summed E-state index contributed by atoms with van der Waals surface area (Å²) < 4.78 is 16.5. The highest BCUT2D eigenvalue weighted by atomic mass is 16.6. The summed E-state index contributed by atoms with van der Waals surface area (Å²) >= 11 is 0. The fourth-order valence-corrected chi connectivity index (χ4v) is 3.65. The van der Waals surface area contributed by atoms with Crippen molar-refractivity contribution in [3.63, 3.8) is 0 Å². The SMILES string of the molecule is COc1ccc(C(=O)NCCC(c2ccc3c(c2)OCCO3)C2CC2)cc1. The van der Waals surface area contributed by atoms with Crippen molar-refractivity contribution in [1.29, 1.82) is 0 Å². The Morgan fingerprint density at radius 1 is 1.11 bits per heavy atom. The minimum absolute atomic E-state index is 0.0469. The summed E-state index contributed by atoms with van der Waals surface area (Å²) in [6.07, 6.45) is 3.43. The topological polar surface area (TPSA) is 56.8 Å². The molecule has 4 rings (SSSR count). The van der Waals surface area contributed by atoms with Gasteiger partial charge in [-0.15, -0.1) is 0 Å². The van der Waals surface area contributed by atoms with Gasteiger partial charge in [0.05, 0.1) is 7.11 Å². The van der Waals surface area contributed by atoms with Crippen LogP contribution in [0.2, 0.25) is 0 Å². The number of methoxy groups -OCH3 is 1. The van der Waals surface area contributed by atoms with Crippen LogP contribution in [0.5, 0.6) is 17.2 Å². The van der Waals surface area contributed by atoms with Gasteiger partial charge in [0.15, 0.2) is 11.5 Å². The lowest BCUT2D eigenvalue weighted by atomic mass is 9.90. The quantitative estimate of drug-likeness (QED) is 0.809. The first-order valence-corrected chi connectivity index (χ1v) is 9.56. The second-order valence-corrected chi connectivity index (χ2v) is 7.12. The maximum Gasteiger partial charge on any atom is 0.251 e. The molecule has 0 bridgehead atoms. The summed E-state index contributed by atoms with van der Waals surface area (Å²) in [5, 5.41) is 3.05. The average molecular weight is 367 g/mol. The van der Waals surface area contributed by atoms with Gasteiger partial charge in [-0.2, -0.15) is 0 Å². The summed E-state index contributed by atoms with van der Waals surface area (Å²) in [5.74, 6) is 3.51. The van der Waals surface area contributed by atoms with Crippen LogP contribution in [-0.4, -0.2) is 32.8 Å². The van der Waals surface area contributed by atoms with Crippen LogP contribution >= 0.6 is 0 Å². The Bertz CT molecular complexity index is 798. The second kappa shape index (κ2) is 7.91. The smallest absolute Gasteiger partial charge is 0.251 e. The second-order valence-electron chi connectivity index (χ2n) is 7.12. The van der Waals surface area contributed by atoms with Crippen molar-refractivity contribution in [1.82, 2.24) is 5.32 Å². The molecule has 0 spiro atoms. The lowest BCUT2D eigenvalue weighted by Crippen LogP contribution is -2.26. The fraction of sp³-hybridized carbons (Fsp3) is 0.409. The first-order valence-electron chi connectivity index (χ1n) is 9.56. The third-order valence-electron chi connectivity index (χ3n) is 5.28. The van der Waals surface area contributed by atoms with E-state index >= 15 is 0 Å². The van der Waals surface area contributed by atoms with E-state index in [0.29, 0.717) is 37.2 Å². The molecule has 0 aromatic heterocycles. The zero-order chi connectivity index (χ0) is 18.6. The molecule has 2 aliphatic rings. The van der Waals surface area contributed by atoms with Crippen LogP contribution in [0.15, 0.2) is 42.5 Å². The summed E-state index contributed by atoms with van der Waals surface area (Å²) in [7, 11) is 1.62. The number of fused-ring (bicyclic) bond motifs is 1. The van der Waals surface area contributed by atoms with E-state index in [1.54, 1.807) is 31.4 Å². The van der Waals surface area contributed by atoms with Gasteiger partial charge in [0.2, 0.25) is 0 Å². The van der Waals surface area contributed by atoms with Crippen LogP contribution in [0.25, 0.3) is 0 Å². The Labute approximate surface area is 159 Å². The van der Waals surface area contributed by atoms with Gasteiger partial charge < -0.3 is 19.5 Å². The van der Waals surface area contributed by atoms with Crippen molar-refractivity contribution in [2.24, 2.45) is 5.92 Å². The largest absolute Gasteiger partial charge is 0.497 e. The van der Waals surface area contributed by atoms with Crippen molar-refractivity contribution >= 4 is 5.91 Å². The molecule has 2 aromatic rings. The number of amides is 1. The molecule has 2 aromatic carbocycles. The van der Waals surface area contributed by atoms with Gasteiger partial charge in [-0.1, -0.05) is 6.07 Å². The van der Waals surface area contributed by atoms with Crippen LogP contribution in [-0.2, 0) is 0 Å². The Morgan fingerprint density at radius 3 is 2.56 bits per heavy atom. The van der Waals surface area contributed by atoms with Crippen molar-refractivity contribution in [3.8, 4) is 17.2 Å². The van der Waals surface area contributed by atoms with Gasteiger partial charge in [0.25, 0.3) is 5.91 Å². The van der Waals surface area contributed by atoms with E-state index in [-0.39, 0.29) is 5.91 Å². The van der Waals surface area contributed by atoms with E-state index in [0.717, 1.165) is 23.7 Å². The van der Waals surface area contributed by atoms with Gasteiger partial charge in [-0.25, -0.2) is 0 Å². The third-order valence-corrected chi connectivity index (χ3v) is 5.28. The summed E-state index contributed by atoms with van der Waals surface area (Å²) in [4.78, 5) is 12.4. The highest BCUT2D eigenvalue weighted by molar-refractivity contribution is 5.94. The van der Waals surface area contributed by atoms with Gasteiger partial charge in [-0.3, -0.25) is 4.79 Å². The highest BCUT2D eigenvalue weighted by Gasteiger charge is 2.32. The molecule has 1 heterocycles. The fourth-order valence-electron chi connectivity index (χ4n) is 3.65. The number of hydrogen-bond acceptors (Lipinski definition) is 4.